The molecular formula is C19H18Cl3N3O3. The Bertz CT molecular complexity index is 930. The monoisotopic (exact) mass is 441 g/mol. The van der Waals surface area contributed by atoms with E-state index in [0.717, 1.165) is 17.0 Å². The van der Waals surface area contributed by atoms with Crippen molar-refractivity contribution in [2.75, 3.05) is 18.4 Å². The number of furan rings is 1. The maximum atomic E-state index is 10.6. The zero-order chi connectivity index (χ0) is 19.2. The molecule has 0 aliphatic rings. The second-order valence-corrected chi connectivity index (χ2v) is 6.64. The molecule has 0 fully saturated rings. The molecule has 2 N–H and O–H groups in total. The van der Waals surface area contributed by atoms with Crippen molar-refractivity contribution in [1.82, 2.24) is 5.32 Å². The second kappa shape index (κ2) is 10.3. The fourth-order valence-electron chi connectivity index (χ4n) is 2.51. The minimum atomic E-state index is -0.417. The fourth-order valence-corrected chi connectivity index (χ4v) is 2.89. The van der Waals surface area contributed by atoms with Gasteiger partial charge in [0.25, 0.3) is 5.69 Å². The second-order valence-electron chi connectivity index (χ2n) is 5.80. The first-order chi connectivity index (χ1) is 13.0. The average Bonchev–Trinajstić information content (AvgIpc) is 3.12. The van der Waals surface area contributed by atoms with Gasteiger partial charge in [0, 0.05) is 41.5 Å². The highest BCUT2D eigenvalue weighted by Gasteiger charge is 2.09. The van der Waals surface area contributed by atoms with Gasteiger partial charge in [-0.15, -0.1) is 12.4 Å². The molecule has 3 aromatic rings. The molecule has 0 bridgehead atoms. The third-order valence-electron chi connectivity index (χ3n) is 3.86. The van der Waals surface area contributed by atoms with E-state index in [2.05, 4.69) is 10.6 Å². The number of anilines is 1. The first-order valence-electron chi connectivity index (χ1n) is 8.26. The third-order valence-corrected chi connectivity index (χ3v) is 4.43. The summed E-state index contributed by atoms with van der Waals surface area (Å²) in [6, 6.07) is 15.3. The van der Waals surface area contributed by atoms with E-state index in [4.69, 9.17) is 27.6 Å². The van der Waals surface area contributed by atoms with Crippen LogP contribution in [0.4, 0.5) is 11.4 Å². The number of nitro groups is 1. The Kier molecular flexibility index (Phi) is 8.14. The Morgan fingerprint density at radius 2 is 1.75 bits per heavy atom. The van der Waals surface area contributed by atoms with E-state index in [-0.39, 0.29) is 18.1 Å². The molecule has 9 heteroatoms. The highest BCUT2D eigenvalue weighted by Crippen LogP contribution is 2.31. The summed E-state index contributed by atoms with van der Waals surface area (Å²) in [5, 5.41) is 18.3. The summed E-state index contributed by atoms with van der Waals surface area (Å²) in [4.78, 5) is 10.2. The van der Waals surface area contributed by atoms with Crippen molar-refractivity contribution in [1.29, 1.82) is 0 Å². The molecule has 0 unspecified atom stereocenters. The molecule has 3 rings (SSSR count). The Morgan fingerprint density at radius 3 is 2.46 bits per heavy atom. The number of halogens is 3. The molecular weight excluding hydrogens is 425 g/mol. The number of nitrogens with zero attached hydrogens (tertiary/aromatic N) is 1. The lowest BCUT2D eigenvalue weighted by molar-refractivity contribution is -0.384. The molecule has 6 nitrogen and oxygen atoms in total. The molecule has 2 aromatic carbocycles. The molecule has 1 aromatic heterocycles. The predicted molar refractivity (Wildman–Crippen MR) is 115 cm³/mol. The van der Waals surface area contributed by atoms with Gasteiger partial charge in [-0.1, -0.05) is 23.2 Å². The lowest BCUT2D eigenvalue weighted by atomic mass is 10.2. The minimum Gasteiger partial charge on any atom is -0.460 e. The van der Waals surface area contributed by atoms with E-state index in [1.807, 2.05) is 12.1 Å². The van der Waals surface area contributed by atoms with E-state index in [9.17, 15) is 10.1 Å². The molecule has 148 valence electrons. The van der Waals surface area contributed by atoms with Crippen molar-refractivity contribution in [3.63, 3.8) is 0 Å². The van der Waals surface area contributed by atoms with Gasteiger partial charge in [0.15, 0.2) is 0 Å². The molecule has 0 aliphatic carbocycles. The maximum absolute atomic E-state index is 10.6. The van der Waals surface area contributed by atoms with Gasteiger partial charge in [0.05, 0.1) is 16.5 Å². The first-order valence-corrected chi connectivity index (χ1v) is 9.02. The summed E-state index contributed by atoms with van der Waals surface area (Å²) in [7, 11) is 0. The number of non-ortho nitro benzene ring substituents is 1. The average molecular weight is 443 g/mol. The molecule has 0 saturated heterocycles. The molecule has 0 saturated carbocycles. The van der Waals surface area contributed by atoms with Crippen LogP contribution in [0.25, 0.3) is 11.3 Å². The van der Waals surface area contributed by atoms with Crippen LogP contribution in [0.15, 0.2) is 59.0 Å². The highest BCUT2D eigenvalue weighted by atomic mass is 35.5. The minimum absolute atomic E-state index is 0. The summed E-state index contributed by atoms with van der Waals surface area (Å²) in [6.07, 6.45) is 0. The van der Waals surface area contributed by atoms with Gasteiger partial charge in [-0.05, 0) is 42.5 Å². The normalized spacial score (nSPS) is 10.4. The van der Waals surface area contributed by atoms with Gasteiger partial charge in [-0.2, -0.15) is 0 Å². The Morgan fingerprint density at radius 1 is 1.00 bits per heavy atom. The standard InChI is InChI=1S/C19H17Cl2N3O3.ClH/c20-13-1-7-18(21)17(11-13)19-8-6-16(27-19)12-22-9-10-23-14-2-4-15(5-3-14)24(25)26;/h1-8,11,22-23H,9-10,12H2;1H. The van der Waals surface area contributed by atoms with Crippen molar-refractivity contribution in [3.8, 4) is 11.3 Å². The van der Waals surface area contributed by atoms with Crippen molar-refractivity contribution >= 4 is 47.0 Å². The number of benzene rings is 2. The molecule has 0 atom stereocenters. The van der Waals surface area contributed by atoms with Gasteiger partial charge in [0.1, 0.15) is 11.5 Å². The molecule has 28 heavy (non-hydrogen) atoms. The number of hydrogen-bond acceptors (Lipinski definition) is 5. The van der Waals surface area contributed by atoms with Crippen LogP contribution in [0.1, 0.15) is 5.76 Å². The third kappa shape index (κ3) is 5.87. The summed E-state index contributed by atoms with van der Waals surface area (Å²) >= 11 is 12.2. The van der Waals surface area contributed by atoms with Gasteiger partial charge in [-0.25, -0.2) is 0 Å². The topological polar surface area (TPSA) is 80.3 Å². The molecule has 0 radical (unpaired) electrons. The van der Waals surface area contributed by atoms with Crippen LogP contribution in [0.3, 0.4) is 0 Å². The highest BCUT2D eigenvalue weighted by molar-refractivity contribution is 6.35. The van der Waals surface area contributed by atoms with Crippen LogP contribution < -0.4 is 10.6 Å². The van der Waals surface area contributed by atoms with Crippen LogP contribution >= 0.6 is 35.6 Å². The van der Waals surface area contributed by atoms with Crippen molar-refractivity contribution in [3.05, 3.63) is 80.5 Å². The zero-order valence-electron chi connectivity index (χ0n) is 14.7. The number of nitrogens with one attached hydrogen (secondary N) is 2. The van der Waals surface area contributed by atoms with Gasteiger partial charge in [0.2, 0.25) is 0 Å². The van der Waals surface area contributed by atoms with Crippen LogP contribution in [0.5, 0.6) is 0 Å². The van der Waals surface area contributed by atoms with E-state index >= 15 is 0 Å². The summed E-state index contributed by atoms with van der Waals surface area (Å²) in [6.45, 7) is 1.94. The van der Waals surface area contributed by atoms with Crippen LogP contribution in [-0.4, -0.2) is 18.0 Å². The summed E-state index contributed by atoms with van der Waals surface area (Å²) in [5.74, 6) is 1.46. The van der Waals surface area contributed by atoms with Gasteiger partial charge < -0.3 is 15.1 Å². The van der Waals surface area contributed by atoms with E-state index in [1.54, 1.807) is 30.3 Å². The smallest absolute Gasteiger partial charge is 0.269 e. The quantitative estimate of drug-likeness (QED) is 0.262. The predicted octanol–water partition coefficient (Wildman–Crippen LogP) is 5.79. The van der Waals surface area contributed by atoms with Crippen molar-refractivity contribution in [2.24, 2.45) is 0 Å². The van der Waals surface area contributed by atoms with Crippen LogP contribution in [0.2, 0.25) is 10.0 Å². The van der Waals surface area contributed by atoms with Crippen molar-refractivity contribution in [2.45, 2.75) is 6.54 Å². The fraction of sp³-hybridized carbons (Fsp3) is 0.158. The van der Waals surface area contributed by atoms with Gasteiger partial charge in [-0.3, -0.25) is 10.1 Å². The SMILES string of the molecule is Cl.O=[N+]([O-])c1ccc(NCCNCc2ccc(-c3cc(Cl)ccc3Cl)o2)cc1. The largest absolute Gasteiger partial charge is 0.460 e. The number of nitro benzene ring substituents is 1. The lowest BCUT2D eigenvalue weighted by Gasteiger charge is -2.07. The maximum Gasteiger partial charge on any atom is 0.269 e. The first kappa shape index (κ1) is 22.0. The zero-order valence-corrected chi connectivity index (χ0v) is 17.0. The van der Waals surface area contributed by atoms with E-state index < -0.39 is 4.92 Å². The summed E-state index contributed by atoms with van der Waals surface area (Å²) < 4.78 is 5.82. The Labute approximate surface area is 178 Å². The number of hydrogen-bond donors (Lipinski definition) is 2. The molecule has 1 heterocycles. The number of rotatable bonds is 8. The van der Waals surface area contributed by atoms with Crippen molar-refractivity contribution < 1.29 is 9.34 Å². The Hall–Kier alpha value is -2.25. The molecule has 0 amide bonds. The summed E-state index contributed by atoms with van der Waals surface area (Å²) in [5.41, 5.74) is 1.67. The molecule has 0 aliphatic heterocycles. The van der Waals surface area contributed by atoms with Gasteiger partial charge >= 0.3 is 0 Å². The van der Waals surface area contributed by atoms with E-state index in [0.29, 0.717) is 35.4 Å². The molecule has 0 spiro atoms. The van der Waals surface area contributed by atoms with E-state index in [1.165, 1.54) is 12.1 Å². The Balaban J connectivity index is 0.00000280. The van der Waals surface area contributed by atoms with Crippen LogP contribution in [-0.2, 0) is 6.54 Å². The van der Waals surface area contributed by atoms with Crippen LogP contribution in [0, 0.1) is 10.1 Å². The lowest BCUT2D eigenvalue weighted by Crippen LogP contribution is -2.21.